The van der Waals surface area contributed by atoms with Crippen LogP contribution >= 0.6 is 11.8 Å². The van der Waals surface area contributed by atoms with Gasteiger partial charge in [-0.15, -0.1) is 0 Å². The van der Waals surface area contributed by atoms with Gasteiger partial charge in [0, 0.05) is 31.8 Å². The second kappa shape index (κ2) is 9.21. The number of nitrogens with zero attached hydrogens (tertiary/aromatic N) is 3. The average Bonchev–Trinajstić information content (AvgIpc) is 2.68. The average molecular weight is 374 g/mol. The summed E-state index contributed by atoms with van der Waals surface area (Å²) in [6, 6.07) is 7.50. The Bertz CT molecular complexity index is 812. The van der Waals surface area contributed by atoms with Crippen LogP contribution in [0.3, 0.4) is 0 Å². The van der Waals surface area contributed by atoms with Crippen LogP contribution in [0.5, 0.6) is 0 Å². The molecule has 2 aromatic rings. The van der Waals surface area contributed by atoms with Gasteiger partial charge in [-0.3, -0.25) is 14.2 Å². The fourth-order valence-corrected chi connectivity index (χ4v) is 4.44. The molecule has 1 saturated heterocycles. The van der Waals surface area contributed by atoms with Crippen LogP contribution in [0.1, 0.15) is 45.4 Å². The Morgan fingerprint density at radius 1 is 1.15 bits per heavy atom. The number of hydrogen-bond donors (Lipinski definition) is 0. The predicted molar refractivity (Wildman–Crippen MR) is 107 cm³/mol. The van der Waals surface area contributed by atoms with Gasteiger partial charge in [-0.25, -0.2) is 4.98 Å². The minimum atomic E-state index is 0.0286. The summed E-state index contributed by atoms with van der Waals surface area (Å²) in [5, 5.41) is 1.45. The number of benzene rings is 1. The lowest BCUT2D eigenvalue weighted by Gasteiger charge is -2.26. The Kier molecular flexibility index (Phi) is 6.72. The number of hydrogen-bond acceptors (Lipinski definition) is 4. The van der Waals surface area contributed by atoms with Crippen molar-refractivity contribution in [2.75, 3.05) is 18.8 Å². The maximum absolute atomic E-state index is 12.6. The summed E-state index contributed by atoms with van der Waals surface area (Å²) >= 11 is 1.61. The highest BCUT2D eigenvalue weighted by Gasteiger charge is 2.16. The first kappa shape index (κ1) is 19.0. The zero-order valence-corrected chi connectivity index (χ0v) is 16.3. The quantitative estimate of drug-likeness (QED) is 0.422. The first-order chi connectivity index (χ1) is 12.7. The second-order valence-corrected chi connectivity index (χ2v) is 7.77. The van der Waals surface area contributed by atoms with E-state index in [2.05, 4.69) is 4.98 Å². The molecule has 1 aliphatic rings. The molecule has 1 aromatic heterocycles. The third-order valence-electron chi connectivity index (χ3n) is 4.87. The molecule has 0 unspecified atom stereocenters. The van der Waals surface area contributed by atoms with Crippen molar-refractivity contribution in [3.05, 3.63) is 34.6 Å². The largest absolute Gasteiger partial charge is 0.343 e. The number of rotatable bonds is 7. The molecule has 0 saturated carbocycles. The number of unbranched alkanes of at least 4 members (excludes halogenated alkanes) is 1. The lowest BCUT2D eigenvalue weighted by atomic mass is 10.1. The van der Waals surface area contributed by atoms with E-state index in [1.54, 1.807) is 16.3 Å². The molecule has 2 heterocycles. The van der Waals surface area contributed by atoms with Crippen LogP contribution in [0.15, 0.2) is 34.2 Å². The summed E-state index contributed by atoms with van der Waals surface area (Å²) in [5.41, 5.74) is 0.783. The minimum Gasteiger partial charge on any atom is -0.343 e. The van der Waals surface area contributed by atoms with Crippen molar-refractivity contribution in [2.45, 2.75) is 57.1 Å². The molecular formula is C20H27N3O2S. The van der Waals surface area contributed by atoms with Gasteiger partial charge in [0.1, 0.15) is 0 Å². The van der Waals surface area contributed by atoms with E-state index < -0.39 is 0 Å². The Hall–Kier alpha value is -1.82. The van der Waals surface area contributed by atoms with E-state index in [9.17, 15) is 9.59 Å². The fourth-order valence-electron chi connectivity index (χ4n) is 3.38. The molecule has 0 N–H and O–H groups in total. The van der Waals surface area contributed by atoms with Crippen LogP contribution in [-0.2, 0) is 11.3 Å². The number of likely N-dealkylation sites (tertiary alicyclic amines) is 1. The number of aromatic nitrogens is 2. The van der Waals surface area contributed by atoms with E-state index in [0.29, 0.717) is 24.3 Å². The highest BCUT2D eigenvalue weighted by molar-refractivity contribution is 7.99. The van der Waals surface area contributed by atoms with Gasteiger partial charge in [0.25, 0.3) is 5.56 Å². The molecule has 26 heavy (non-hydrogen) atoms. The first-order valence-corrected chi connectivity index (χ1v) is 10.6. The first-order valence-electron chi connectivity index (χ1n) is 9.61. The Morgan fingerprint density at radius 3 is 2.69 bits per heavy atom. The summed E-state index contributed by atoms with van der Waals surface area (Å²) in [5.74, 6) is 1.17. The van der Waals surface area contributed by atoms with Gasteiger partial charge in [0.2, 0.25) is 5.91 Å². The molecule has 5 nitrogen and oxygen atoms in total. The van der Waals surface area contributed by atoms with Crippen molar-refractivity contribution in [1.82, 2.24) is 14.5 Å². The summed E-state index contributed by atoms with van der Waals surface area (Å²) in [7, 11) is 0. The minimum absolute atomic E-state index is 0.0286. The number of thioether (sulfide) groups is 1. The van der Waals surface area contributed by atoms with Crippen molar-refractivity contribution in [3.8, 4) is 0 Å². The van der Waals surface area contributed by atoms with Crippen molar-refractivity contribution < 1.29 is 4.79 Å². The van der Waals surface area contributed by atoms with Crippen LogP contribution in [0.25, 0.3) is 10.9 Å². The molecule has 140 valence electrons. The van der Waals surface area contributed by atoms with Crippen molar-refractivity contribution in [3.63, 3.8) is 0 Å². The Balaban J connectivity index is 1.53. The lowest BCUT2D eigenvalue weighted by Crippen LogP contribution is -2.35. The SMILES string of the molecule is CCn1c(SCCCCC(=O)N2CCCCC2)nc2ccccc2c1=O. The maximum Gasteiger partial charge on any atom is 0.262 e. The molecular weight excluding hydrogens is 346 g/mol. The predicted octanol–water partition coefficient (Wildman–Crippen LogP) is 3.69. The van der Waals surface area contributed by atoms with Gasteiger partial charge in [-0.05, 0) is 51.2 Å². The van der Waals surface area contributed by atoms with Crippen LogP contribution in [0, 0.1) is 0 Å². The number of piperidine rings is 1. The van der Waals surface area contributed by atoms with E-state index in [0.717, 1.165) is 55.2 Å². The summed E-state index contributed by atoms with van der Waals surface area (Å²) in [6.07, 6.45) is 6.01. The highest BCUT2D eigenvalue weighted by Crippen LogP contribution is 2.20. The lowest BCUT2D eigenvalue weighted by molar-refractivity contribution is -0.132. The third-order valence-corrected chi connectivity index (χ3v) is 5.93. The van der Waals surface area contributed by atoms with Gasteiger partial charge >= 0.3 is 0 Å². The number of carbonyl (C=O) groups is 1. The summed E-state index contributed by atoms with van der Waals surface area (Å²) in [4.78, 5) is 31.5. The normalized spacial score (nSPS) is 14.7. The van der Waals surface area contributed by atoms with Gasteiger partial charge in [0.05, 0.1) is 10.9 Å². The highest BCUT2D eigenvalue weighted by atomic mass is 32.2. The number of para-hydroxylation sites is 1. The van der Waals surface area contributed by atoms with Crippen LogP contribution in [0.4, 0.5) is 0 Å². The van der Waals surface area contributed by atoms with Gasteiger partial charge < -0.3 is 4.90 Å². The number of carbonyl (C=O) groups excluding carboxylic acids is 1. The second-order valence-electron chi connectivity index (χ2n) is 6.71. The van der Waals surface area contributed by atoms with Crippen molar-refractivity contribution >= 4 is 28.6 Å². The van der Waals surface area contributed by atoms with Gasteiger partial charge in [-0.1, -0.05) is 23.9 Å². The molecule has 1 aliphatic heterocycles. The van der Waals surface area contributed by atoms with Crippen LogP contribution < -0.4 is 5.56 Å². The van der Waals surface area contributed by atoms with E-state index >= 15 is 0 Å². The molecule has 0 bridgehead atoms. The zero-order valence-electron chi connectivity index (χ0n) is 15.4. The Morgan fingerprint density at radius 2 is 1.92 bits per heavy atom. The Labute approximate surface area is 158 Å². The molecule has 0 radical (unpaired) electrons. The fraction of sp³-hybridized carbons (Fsp3) is 0.550. The topological polar surface area (TPSA) is 55.2 Å². The maximum atomic E-state index is 12.6. The molecule has 6 heteroatoms. The monoisotopic (exact) mass is 373 g/mol. The zero-order chi connectivity index (χ0) is 18.4. The molecule has 0 atom stereocenters. The van der Waals surface area contributed by atoms with E-state index in [4.69, 9.17) is 0 Å². The summed E-state index contributed by atoms with van der Waals surface area (Å²) < 4.78 is 1.74. The molecule has 0 aliphatic carbocycles. The van der Waals surface area contributed by atoms with E-state index in [1.165, 1.54) is 6.42 Å². The molecule has 1 fully saturated rings. The molecule has 3 rings (SSSR count). The third kappa shape index (κ3) is 4.47. The van der Waals surface area contributed by atoms with Gasteiger partial charge in [-0.2, -0.15) is 0 Å². The van der Waals surface area contributed by atoms with Crippen molar-refractivity contribution in [1.29, 1.82) is 0 Å². The number of amides is 1. The van der Waals surface area contributed by atoms with E-state index in [1.807, 2.05) is 36.1 Å². The smallest absolute Gasteiger partial charge is 0.262 e. The van der Waals surface area contributed by atoms with E-state index in [-0.39, 0.29) is 5.56 Å². The standard InChI is InChI=1S/C20H27N3O2S/c1-2-23-19(25)16-10-4-5-11-17(16)21-20(23)26-15-9-6-12-18(24)22-13-7-3-8-14-22/h4-5,10-11H,2-3,6-9,12-15H2,1H3. The molecule has 1 aromatic carbocycles. The molecule has 0 spiro atoms. The number of fused-ring (bicyclic) bond motifs is 1. The van der Waals surface area contributed by atoms with Crippen LogP contribution in [0.2, 0.25) is 0 Å². The van der Waals surface area contributed by atoms with Crippen LogP contribution in [-0.4, -0.2) is 39.2 Å². The van der Waals surface area contributed by atoms with Crippen molar-refractivity contribution in [2.24, 2.45) is 0 Å². The summed E-state index contributed by atoms with van der Waals surface area (Å²) in [6.45, 7) is 4.44. The van der Waals surface area contributed by atoms with Gasteiger partial charge in [0.15, 0.2) is 5.16 Å². The molecule has 1 amide bonds.